The summed E-state index contributed by atoms with van der Waals surface area (Å²) in [5, 5.41) is 4.95. The van der Waals surface area contributed by atoms with Crippen molar-refractivity contribution < 1.29 is 13.9 Å². The van der Waals surface area contributed by atoms with Gasteiger partial charge in [0.1, 0.15) is 23.7 Å². The number of fused-ring (bicyclic) bond motifs is 2. The maximum Gasteiger partial charge on any atom is 0.253 e. The highest BCUT2D eigenvalue weighted by Crippen LogP contribution is 2.20. The summed E-state index contributed by atoms with van der Waals surface area (Å²) in [4.78, 5) is 20.6. The van der Waals surface area contributed by atoms with E-state index >= 15 is 0 Å². The van der Waals surface area contributed by atoms with Crippen LogP contribution < -0.4 is 10.1 Å². The molecule has 1 amide bonds. The molecule has 1 heterocycles. The summed E-state index contributed by atoms with van der Waals surface area (Å²) in [5.41, 5.74) is 0.866. The lowest BCUT2D eigenvalue weighted by Crippen LogP contribution is -2.28. The Morgan fingerprint density at radius 1 is 1.00 bits per heavy atom. The lowest BCUT2D eigenvalue weighted by molar-refractivity contribution is 0.0948. The van der Waals surface area contributed by atoms with Gasteiger partial charge in [0.25, 0.3) is 5.91 Å². The highest BCUT2D eigenvalue weighted by atomic mass is 19.1. The van der Waals surface area contributed by atoms with Crippen LogP contribution in [0.25, 0.3) is 21.8 Å². The van der Waals surface area contributed by atoms with Crippen molar-refractivity contribution in [2.45, 2.75) is 0 Å². The molecule has 0 aliphatic heterocycles. The second-order valence-electron chi connectivity index (χ2n) is 5.99. The van der Waals surface area contributed by atoms with Gasteiger partial charge in [-0.2, -0.15) is 0 Å². The van der Waals surface area contributed by atoms with E-state index in [4.69, 9.17) is 4.74 Å². The van der Waals surface area contributed by atoms with Crippen molar-refractivity contribution in [2.24, 2.45) is 0 Å². The number of nitrogens with one attached hydrogen (secondary N) is 1. The largest absolute Gasteiger partial charge is 0.492 e. The van der Waals surface area contributed by atoms with Gasteiger partial charge in [0, 0.05) is 18.5 Å². The summed E-state index contributed by atoms with van der Waals surface area (Å²) in [7, 11) is 0. The first-order chi connectivity index (χ1) is 13.2. The summed E-state index contributed by atoms with van der Waals surface area (Å²) in [6, 6.07) is 16.2. The number of carbonyl (C=O) groups is 1. The van der Waals surface area contributed by atoms with Gasteiger partial charge in [0.2, 0.25) is 0 Å². The van der Waals surface area contributed by atoms with E-state index in [-0.39, 0.29) is 12.1 Å². The second-order valence-corrected chi connectivity index (χ2v) is 5.99. The molecule has 4 rings (SSSR count). The third-order valence-electron chi connectivity index (χ3n) is 4.16. The van der Waals surface area contributed by atoms with Crippen molar-refractivity contribution >= 4 is 27.7 Å². The number of aromatic nitrogens is 2. The number of rotatable bonds is 5. The van der Waals surface area contributed by atoms with Gasteiger partial charge >= 0.3 is 0 Å². The minimum absolute atomic E-state index is 0.156. The Morgan fingerprint density at radius 2 is 1.81 bits per heavy atom. The van der Waals surface area contributed by atoms with Crippen molar-refractivity contribution in [1.29, 1.82) is 0 Å². The zero-order valence-corrected chi connectivity index (χ0v) is 14.4. The van der Waals surface area contributed by atoms with E-state index < -0.39 is 11.7 Å². The van der Waals surface area contributed by atoms with Crippen molar-refractivity contribution in [2.75, 3.05) is 13.2 Å². The molecule has 0 saturated heterocycles. The average molecular weight is 361 g/mol. The van der Waals surface area contributed by atoms with Crippen LogP contribution in [-0.2, 0) is 0 Å². The van der Waals surface area contributed by atoms with Crippen LogP contribution in [0.1, 0.15) is 10.4 Å². The topological polar surface area (TPSA) is 64.1 Å². The van der Waals surface area contributed by atoms with Gasteiger partial charge in [-0.05, 0) is 29.0 Å². The fourth-order valence-electron chi connectivity index (χ4n) is 2.90. The van der Waals surface area contributed by atoms with Gasteiger partial charge in [-0.3, -0.25) is 14.8 Å². The number of ether oxygens (including phenoxy) is 1. The van der Waals surface area contributed by atoms with Crippen LogP contribution in [0.15, 0.2) is 67.0 Å². The third kappa shape index (κ3) is 3.69. The van der Waals surface area contributed by atoms with Crippen LogP contribution in [-0.4, -0.2) is 29.0 Å². The molecule has 0 aliphatic rings. The molecule has 0 unspecified atom stereocenters. The quantitative estimate of drug-likeness (QED) is 0.550. The molecule has 6 heteroatoms. The Bertz CT molecular complexity index is 1130. The van der Waals surface area contributed by atoms with Crippen LogP contribution >= 0.6 is 0 Å². The van der Waals surface area contributed by atoms with Crippen LogP contribution in [0.3, 0.4) is 0 Å². The number of halogens is 1. The molecule has 0 saturated carbocycles. The van der Waals surface area contributed by atoms with Crippen LogP contribution in [0.2, 0.25) is 0 Å². The first-order valence-corrected chi connectivity index (χ1v) is 8.51. The van der Waals surface area contributed by atoms with Gasteiger partial charge in [0.15, 0.2) is 0 Å². The van der Waals surface area contributed by atoms with Gasteiger partial charge < -0.3 is 10.1 Å². The SMILES string of the molecule is O=C(NCCOc1ccc2ccccc2c1)c1cc(F)cc2nccnc12. The third-order valence-corrected chi connectivity index (χ3v) is 4.16. The molecule has 5 nitrogen and oxygen atoms in total. The molecule has 0 aliphatic carbocycles. The molecule has 0 fully saturated rings. The molecule has 27 heavy (non-hydrogen) atoms. The second kappa shape index (κ2) is 7.37. The fraction of sp³-hybridized carbons (Fsp3) is 0.0952. The van der Waals surface area contributed by atoms with Gasteiger partial charge in [-0.1, -0.05) is 30.3 Å². The Labute approximate surface area is 154 Å². The molecule has 0 atom stereocenters. The summed E-state index contributed by atoms with van der Waals surface area (Å²) in [6.45, 7) is 0.576. The van der Waals surface area contributed by atoms with Gasteiger partial charge in [0.05, 0.1) is 17.6 Å². The molecule has 1 N–H and O–H groups in total. The van der Waals surface area contributed by atoms with Gasteiger partial charge in [-0.25, -0.2) is 4.39 Å². The highest BCUT2D eigenvalue weighted by Gasteiger charge is 2.13. The van der Waals surface area contributed by atoms with E-state index in [0.717, 1.165) is 22.6 Å². The molecule has 0 radical (unpaired) electrons. The normalized spacial score (nSPS) is 10.9. The smallest absolute Gasteiger partial charge is 0.253 e. The summed E-state index contributed by atoms with van der Waals surface area (Å²) >= 11 is 0. The molecule has 4 aromatic rings. The van der Waals surface area contributed by atoms with E-state index in [1.807, 2.05) is 42.5 Å². The standard InChI is InChI=1S/C21H16FN3O2/c22-16-12-18(20-19(13-16)23-7-8-24-20)21(26)25-9-10-27-17-6-5-14-3-1-2-4-15(14)11-17/h1-8,11-13H,9-10H2,(H,25,26). The number of amides is 1. The number of carbonyl (C=O) groups excluding carboxylic acids is 1. The Hall–Kier alpha value is -3.54. The molecule has 1 aromatic heterocycles. The lowest BCUT2D eigenvalue weighted by Gasteiger charge is -2.10. The Balaban J connectivity index is 1.39. The van der Waals surface area contributed by atoms with Crippen LogP contribution in [0, 0.1) is 5.82 Å². The first-order valence-electron chi connectivity index (χ1n) is 8.51. The lowest BCUT2D eigenvalue weighted by atomic mass is 10.1. The fourth-order valence-corrected chi connectivity index (χ4v) is 2.90. The molecule has 3 aromatic carbocycles. The van der Waals surface area contributed by atoms with E-state index in [0.29, 0.717) is 17.6 Å². The molecule has 0 bridgehead atoms. The van der Waals surface area contributed by atoms with Crippen LogP contribution in [0.4, 0.5) is 4.39 Å². The maximum absolute atomic E-state index is 13.7. The Kier molecular flexibility index (Phi) is 4.61. The summed E-state index contributed by atoms with van der Waals surface area (Å²) in [6.07, 6.45) is 2.93. The first kappa shape index (κ1) is 16.9. The van der Waals surface area contributed by atoms with E-state index in [1.54, 1.807) is 0 Å². The predicted octanol–water partition coefficient (Wildman–Crippen LogP) is 3.73. The number of benzene rings is 3. The van der Waals surface area contributed by atoms with E-state index in [1.165, 1.54) is 18.5 Å². The minimum atomic E-state index is -0.527. The minimum Gasteiger partial charge on any atom is -0.492 e. The zero-order valence-electron chi connectivity index (χ0n) is 14.4. The van der Waals surface area contributed by atoms with Crippen molar-refractivity contribution in [1.82, 2.24) is 15.3 Å². The molecular weight excluding hydrogens is 345 g/mol. The zero-order chi connectivity index (χ0) is 18.6. The molecule has 0 spiro atoms. The van der Waals surface area contributed by atoms with Crippen molar-refractivity contribution in [3.8, 4) is 5.75 Å². The highest BCUT2D eigenvalue weighted by molar-refractivity contribution is 6.04. The van der Waals surface area contributed by atoms with Gasteiger partial charge in [-0.15, -0.1) is 0 Å². The molecule has 134 valence electrons. The van der Waals surface area contributed by atoms with Crippen molar-refractivity contribution in [3.63, 3.8) is 0 Å². The average Bonchev–Trinajstić information content (AvgIpc) is 2.70. The van der Waals surface area contributed by atoms with Crippen LogP contribution in [0.5, 0.6) is 5.75 Å². The summed E-state index contributed by atoms with van der Waals surface area (Å²) in [5.74, 6) is -0.215. The predicted molar refractivity (Wildman–Crippen MR) is 101 cm³/mol. The monoisotopic (exact) mass is 361 g/mol. The Morgan fingerprint density at radius 3 is 2.70 bits per heavy atom. The summed E-state index contributed by atoms with van der Waals surface area (Å²) < 4.78 is 19.4. The van der Waals surface area contributed by atoms with E-state index in [2.05, 4.69) is 15.3 Å². The maximum atomic E-state index is 13.7. The van der Waals surface area contributed by atoms with Crippen molar-refractivity contribution in [3.05, 3.63) is 78.4 Å². The molecular formula is C21H16FN3O2. The number of nitrogens with zero attached hydrogens (tertiary/aromatic N) is 2. The number of hydrogen-bond acceptors (Lipinski definition) is 4. The number of hydrogen-bond donors (Lipinski definition) is 1. The van der Waals surface area contributed by atoms with E-state index in [9.17, 15) is 9.18 Å².